The summed E-state index contributed by atoms with van der Waals surface area (Å²) >= 11 is 0. The first-order valence-corrected chi connectivity index (χ1v) is 8.47. The second kappa shape index (κ2) is 6.87. The predicted octanol–water partition coefficient (Wildman–Crippen LogP) is 3.26. The van der Waals surface area contributed by atoms with E-state index in [4.69, 9.17) is 0 Å². The number of hydrogen-bond donors (Lipinski definition) is 1. The molecule has 0 radical (unpaired) electrons. The van der Waals surface area contributed by atoms with Gasteiger partial charge in [-0.25, -0.2) is 9.97 Å². The van der Waals surface area contributed by atoms with Crippen molar-refractivity contribution in [1.29, 1.82) is 0 Å². The third kappa shape index (κ3) is 3.22. The van der Waals surface area contributed by atoms with E-state index in [1.807, 2.05) is 59.2 Å². The van der Waals surface area contributed by atoms with Crippen LogP contribution in [0.3, 0.4) is 0 Å². The minimum atomic E-state index is -0.101. The molecule has 0 fully saturated rings. The smallest absolute Gasteiger partial charge is 0.270 e. The summed E-state index contributed by atoms with van der Waals surface area (Å²) in [5, 5.41) is 3.88. The lowest BCUT2D eigenvalue weighted by molar-refractivity contribution is 0.0820. The van der Waals surface area contributed by atoms with Crippen molar-refractivity contribution in [2.75, 3.05) is 19.4 Å². The summed E-state index contributed by atoms with van der Waals surface area (Å²) in [5.74, 6) is 0.968. The van der Waals surface area contributed by atoms with Crippen LogP contribution in [0.25, 0.3) is 16.7 Å². The number of nitrogens with one attached hydrogen (secondary N) is 1. The van der Waals surface area contributed by atoms with Crippen molar-refractivity contribution in [3.63, 3.8) is 0 Å². The van der Waals surface area contributed by atoms with E-state index in [-0.39, 0.29) is 5.91 Å². The summed E-state index contributed by atoms with van der Waals surface area (Å²) < 4.78 is 1.85. The standard InChI is InChI=1S/C20H18N6O/c1-25(2)19(27)16-12-14-13-22-20(23-17-10-6-7-11-21-17)24-18(14)26(16)15-8-4-3-5-9-15/h3-13H,1-2H3,(H,21,22,23,24). The summed E-state index contributed by atoms with van der Waals surface area (Å²) in [6.45, 7) is 0. The van der Waals surface area contributed by atoms with Crippen LogP contribution in [0.15, 0.2) is 67.0 Å². The van der Waals surface area contributed by atoms with Gasteiger partial charge in [0.25, 0.3) is 5.91 Å². The second-order valence-corrected chi connectivity index (χ2v) is 6.21. The Morgan fingerprint density at radius 1 is 1.04 bits per heavy atom. The summed E-state index contributed by atoms with van der Waals surface area (Å²) in [7, 11) is 3.46. The average molecular weight is 358 g/mol. The molecule has 0 aliphatic heterocycles. The molecule has 0 bridgehead atoms. The Bertz CT molecular complexity index is 1090. The average Bonchev–Trinajstić information content (AvgIpc) is 3.07. The molecule has 3 heterocycles. The van der Waals surface area contributed by atoms with Gasteiger partial charge in [-0.15, -0.1) is 0 Å². The Kier molecular flexibility index (Phi) is 4.25. The van der Waals surface area contributed by atoms with Gasteiger partial charge >= 0.3 is 0 Å². The number of rotatable bonds is 4. The van der Waals surface area contributed by atoms with Gasteiger partial charge < -0.3 is 10.2 Å². The molecule has 0 saturated carbocycles. The number of hydrogen-bond acceptors (Lipinski definition) is 5. The first kappa shape index (κ1) is 16.7. The number of anilines is 2. The Hall–Kier alpha value is -3.74. The predicted molar refractivity (Wildman–Crippen MR) is 104 cm³/mol. The molecular weight excluding hydrogens is 340 g/mol. The zero-order valence-electron chi connectivity index (χ0n) is 15.0. The summed E-state index contributed by atoms with van der Waals surface area (Å²) in [6, 6.07) is 17.1. The largest absolute Gasteiger partial charge is 0.343 e. The van der Waals surface area contributed by atoms with Crippen LogP contribution >= 0.6 is 0 Å². The number of nitrogens with zero attached hydrogens (tertiary/aromatic N) is 5. The monoisotopic (exact) mass is 358 g/mol. The Labute approximate surface area is 156 Å². The maximum atomic E-state index is 12.7. The molecule has 7 heteroatoms. The molecule has 1 aromatic carbocycles. The van der Waals surface area contributed by atoms with Crippen molar-refractivity contribution in [2.45, 2.75) is 0 Å². The third-order valence-electron chi connectivity index (χ3n) is 4.09. The third-order valence-corrected chi connectivity index (χ3v) is 4.09. The van der Waals surface area contributed by atoms with Crippen LogP contribution in [0.4, 0.5) is 11.8 Å². The Morgan fingerprint density at radius 3 is 2.52 bits per heavy atom. The first-order chi connectivity index (χ1) is 13.1. The first-order valence-electron chi connectivity index (χ1n) is 8.47. The molecular formula is C20H18N6O. The van der Waals surface area contributed by atoms with Gasteiger partial charge in [0.1, 0.15) is 11.5 Å². The van der Waals surface area contributed by atoms with Gasteiger partial charge in [0.05, 0.1) is 0 Å². The van der Waals surface area contributed by atoms with E-state index in [9.17, 15) is 4.79 Å². The number of pyridine rings is 1. The van der Waals surface area contributed by atoms with Crippen LogP contribution in [-0.4, -0.2) is 44.4 Å². The minimum Gasteiger partial charge on any atom is -0.343 e. The van der Waals surface area contributed by atoms with E-state index < -0.39 is 0 Å². The molecule has 0 saturated heterocycles. The Balaban J connectivity index is 1.88. The molecule has 1 amide bonds. The molecule has 27 heavy (non-hydrogen) atoms. The number of carbonyl (C=O) groups excluding carboxylic acids is 1. The van der Waals surface area contributed by atoms with Crippen molar-refractivity contribution in [3.05, 3.63) is 72.7 Å². The van der Waals surface area contributed by atoms with E-state index in [2.05, 4.69) is 20.3 Å². The Morgan fingerprint density at radius 2 is 1.81 bits per heavy atom. The van der Waals surface area contributed by atoms with Crippen LogP contribution in [0, 0.1) is 0 Å². The van der Waals surface area contributed by atoms with Gasteiger partial charge in [0.2, 0.25) is 5.95 Å². The van der Waals surface area contributed by atoms with Crippen molar-refractivity contribution in [3.8, 4) is 5.69 Å². The molecule has 0 atom stereocenters. The number of fused-ring (bicyclic) bond motifs is 1. The van der Waals surface area contributed by atoms with Crippen LogP contribution in [0.5, 0.6) is 0 Å². The molecule has 0 aliphatic carbocycles. The van der Waals surface area contributed by atoms with Crippen molar-refractivity contribution >= 4 is 28.7 Å². The van der Waals surface area contributed by atoms with Gasteiger partial charge in [-0.05, 0) is 30.3 Å². The topological polar surface area (TPSA) is 75.9 Å². The van der Waals surface area contributed by atoms with Crippen molar-refractivity contribution < 1.29 is 4.79 Å². The summed E-state index contributed by atoms with van der Waals surface area (Å²) in [5.41, 5.74) is 2.05. The van der Waals surface area contributed by atoms with Gasteiger partial charge in [0.15, 0.2) is 5.65 Å². The van der Waals surface area contributed by atoms with Gasteiger partial charge in [-0.1, -0.05) is 24.3 Å². The maximum absolute atomic E-state index is 12.7. The highest BCUT2D eigenvalue weighted by atomic mass is 16.2. The normalized spacial score (nSPS) is 10.7. The molecule has 4 aromatic rings. The molecule has 134 valence electrons. The number of carbonyl (C=O) groups is 1. The van der Waals surface area contributed by atoms with Crippen molar-refractivity contribution in [2.24, 2.45) is 0 Å². The van der Waals surface area contributed by atoms with Crippen LogP contribution < -0.4 is 5.32 Å². The fraction of sp³-hybridized carbons (Fsp3) is 0.100. The SMILES string of the molecule is CN(C)C(=O)c1cc2cnc(Nc3ccccn3)nc2n1-c1ccccc1. The van der Waals surface area contributed by atoms with Crippen LogP contribution in [-0.2, 0) is 0 Å². The van der Waals surface area contributed by atoms with E-state index >= 15 is 0 Å². The van der Waals surface area contributed by atoms with Gasteiger partial charge in [-0.3, -0.25) is 9.36 Å². The summed E-state index contributed by atoms with van der Waals surface area (Å²) in [6.07, 6.45) is 3.40. The fourth-order valence-corrected chi connectivity index (χ4v) is 2.83. The number of benzene rings is 1. The highest BCUT2D eigenvalue weighted by Gasteiger charge is 2.20. The number of amides is 1. The molecule has 0 unspecified atom stereocenters. The lowest BCUT2D eigenvalue weighted by Crippen LogP contribution is -2.24. The zero-order chi connectivity index (χ0) is 18.8. The fourth-order valence-electron chi connectivity index (χ4n) is 2.83. The van der Waals surface area contributed by atoms with E-state index in [1.54, 1.807) is 31.4 Å². The minimum absolute atomic E-state index is 0.101. The highest BCUT2D eigenvalue weighted by Crippen LogP contribution is 2.25. The molecule has 0 spiro atoms. The van der Waals surface area contributed by atoms with Gasteiger partial charge in [-0.2, -0.15) is 4.98 Å². The van der Waals surface area contributed by atoms with Crippen LogP contribution in [0.1, 0.15) is 10.5 Å². The number of aromatic nitrogens is 4. The zero-order valence-corrected chi connectivity index (χ0v) is 15.0. The maximum Gasteiger partial charge on any atom is 0.270 e. The van der Waals surface area contributed by atoms with E-state index in [0.717, 1.165) is 11.1 Å². The second-order valence-electron chi connectivity index (χ2n) is 6.21. The number of para-hydroxylation sites is 1. The molecule has 0 aliphatic rings. The van der Waals surface area contributed by atoms with Crippen LogP contribution in [0.2, 0.25) is 0 Å². The molecule has 3 aromatic heterocycles. The highest BCUT2D eigenvalue weighted by molar-refractivity contribution is 5.98. The quantitative estimate of drug-likeness (QED) is 0.606. The van der Waals surface area contributed by atoms with E-state index in [0.29, 0.717) is 23.1 Å². The molecule has 7 nitrogen and oxygen atoms in total. The molecule has 1 N–H and O–H groups in total. The molecule has 4 rings (SSSR count). The summed E-state index contributed by atoms with van der Waals surface area (Å²) in [4.78, 5) is 27.5. The lowest BCUT2D eigenvalue weighted by Gasteiger charge is -2.14. The van der Waals surface area contributed by atoms with Crippen molar-refractivity contribution in [1.82, 2.24) is 24.4 Å². The van der Waals surface area contributed by atoms with Gasteiger partial charge in [0, 0.05) is 37.6 Å². The van der Waals surface area contributed by atoms with E-state index in [1.165, 1.54) is 0 Å². The lowest BCUT2D eigenvalue weighted by atomic mass is 10.3.